The van der Waals surface area contributed by atoms with Gasteiger partial charge in [-0.1, -0.05) is 19.1 Å². The van der Waals surface area contributed by atoms with E-state index in [0.29, 0.717) is 0 Å². The predicted molar refractivity (Wildman–Crippen MR) is 78.8 cm³/mol. The van der Waals surface area contributed by atoms with Gasteiger partial charge in [0.15, 0.2) is 0 Å². The molecule has 1 fully saturated rings. The Morgan fingerprint density at radius 2 is 2.21 bits per heavy atom. The topological polar surface area (TPSA) is 12.5 Å². The molecule has 3 rings (SSSR count). The van der Waals surface area contributed by atoms with E-state index in [9.17, 15) is 0 Å². The van der Waals surface area contributed by atoms with Gasteiger partial charge in [0.05, 0.1) is 7.11 Å². The quantitative estimate of drug-likeness (QED) is 0.826. The monoisotopic (exact) mass is 259 g/mol. The molecule has 1 aromatic carbocycles. The summed E-state index contributed by atoms with van der Waals surface area (Å²) in [5.41, 5.74) is 2.99. The van der Waals surface area contributed by atoms with Crippen molar-refractivity contribution >= 4 is 0 Å². The minimum atomic E-state index is 0.772. The molecule has 2 heteroatoms. The van der Waals surface area contributed by atoms with E-state index in [1.807, 2.05) is 0 Å². The SMILES string of the molecule is CCCN1CCCC2Cc3c(cccc3OC)CC21. The molecule has 1 aromatic rings. The third-order valence-corrected chi connectivity index (χ3v) is 4.89. The number of methoxy groups -OCH3 is 1. The van der Waals surface area contributed by atoms with Crippen LogP contribution in [0.3, 0.4) is 0 Å². The first-order chi connectivity index (χ1) is 9.33. The van der Waals surface area contributed by atoms with Gasteiger partial charge in [0.1, 0.15) is 5.75 Å². The van der Waals surface area contributed by atoms with Crippen molar-refractivity contribution in [2.75, 3.05) is 20.2 Å². The first-order valence-corrected chi connectivity index (χ1v) is 7.72. The summed E-state index contributed by atoms with van der Waals surface area (Å²) in [4.78, 5) is 2.73. The number of hydrogen-bond acceptors (Lipinski definition) is 2. The fourth-order valence-corrected chi connectivity index (χ4v) is 4.02. The van der Waals surface area contributed by atoms with E-state index in [2.05, 4.69) is 30.0 Å². The number of piperidine rings is 1. The summed E-state index contributed by atoms with van der Waals surface area (Å²) in [7, 11) is 1.80. The van der Waals surface area contributed by atoms with Gasteiger partial charge >= 0.3 is 0 Å². The lowest BCUT2D eigenvalue weighted by Crippen LogP contribution is -2.49. The molecule has 1 aliphatic heterocycles. The molecule has 0 bridgehead atoms. The summed E-state index contributed by atoms with van der Waals surface area (Å²) in [6.45, 7) is 4.86. The molecule has 2 aliphatic rings. The molecule has 0 saturated carbocycles. The van der Waals surface area contributed by atoms with Gasteiger partial charge in [0, 0.05) is 6.04 Å². The molecule has 0 amide bonds. The van der Waals surface area contributed by atoms with Gasteiger partial charge in [-0.05, 0) is 68.3 Å². The fourth-order valence-electron chi connectivity index (χ4n) is 4.02. The van der Waals surface area contributed by atoms with Crippen molar-refractivity contribution in [3.05, 3.63) is 29.3 Å². The molecule has 0 N–H and O–H groups in total. The highest BCUT2D eigenvalue weighted by Gasteiger charge is 2.35. The Balaban J connectivity index is 1.88. The molecule has 0 radical (unpaired) electrons. The van der Waals surface area contributed by atoms with Crippen molar-refractivity contribution < 1.29 is 4.74 Å². The summed E-state index contributed by atoms with van der Waals surface area (Å²) in [5, 5.41) is 0. The second-order valence-corrected chi connectivity index (χ2v) is 6.01. The first kappa shape index (κ1) is 13.0. The van der Waals surface area contributed by atoms with Crippen LogP contribution in [0.15, 0.2) is 18.2 Å². The second-order valence-electron chi connectivity index (χ2n) is 6.01. The number of benzene rings is 1. The van der Waals surface area contributed by atoms with Crippen molar-refractivity contribution in [1.82, 2.24) is 4.90 Å². The Morgan fingerprint density at radius 3 is 3.00 bits per heavy atom. The van der Waals surface area contributed by atoms with E-state index in [1.54, 1.807) is 7.11 Å². The molecular formula is C17H25NO. The van der Waals surface area contributed by atoms with Crippen LogP contribution in [0.5, 0.6) is 5.75 Å². The highest BCUT2D eigenvalue weighted by Crippen LogP contribution is 2.38. The predicted octanol–water partition coefficient (Wildman–Crippen LogP) is 3.28. The number of fused-ring (bicyclic) bond motifs is 2. The average Bonchev–Trinajstić information content (AvgIpc) is 2.45. The molecule has 1 aliphatic carbocycles. The van der Waals surface area contributed by atoms with Crippen LogP contribution in [0.2, 0.25) is 0 Å². The third-order valence-electron chi connectivity index (χ3n) is 4.89. The largest absolute Gasteiger partial charge is 0.496 e. The van der Waals surface area contributed by atoms with Gasteiger partial charge in [-0.25, -0.2) is 0 Å². The van der Waals surface area contributed by atoms with Gasteiger partial charge in [-0.3, -0.25) is 4.90 Å². The first-order valence-electron chi connectivity index (χ1n) is 7.72. The van der Waals surface area contributed by atoms with Crippen LogP contribution in [0.4, 0.5) is 0 Å². The maximum atomic E-state index is 5.55. The van der Waals surface area contributed by atoms with Crippen molar-refractivity contribution in [2.45, 2.75) is 45.1 Å². The van der Waals surface area contributed by atoms with E-state index in [-0.39, 0.29) is 0 Å². The molecule has 104 valence electrons. The van der Waals surface area contributed by atoms with Crippen LogP contribution in [0.1, 0.15) is 37.3 Å². The summed E-state index contributed by atoms with van der Waals surface area (Å²) < 4.78 is 5.55. The van der Waals surface area contributed by atoms with Crippen molar-refractivity contribution in [2.24, 2.45) is 5.92 Å². The summed E-state index contributed by atoms with van der Waals surface area (Å²) in [6.07, 6.45) is 6.46. The van der Waals surface area contributed by atoms with Crippen molar-refractivity contribution in [3.8, 4) is 5.75 Å². The molecule has 1 saturated heterocycles. The van der Waals surface area contributed by atoms with E-state index in [0.717, 1.165) is 17.7 Å². The Bertz CT molecular complexity index is 441. The number of rotatable bonds is 3. The molecule has 19 heavy (non-hydrogen) atoms. The zero-order valence-corrected chi connectivity index (χ0v) is 12.2. The molecule has 2 unspecified atom stereocenters. The lowest BCUT2D eigenvalue weighted by molar-refractivity contribution is 0.0849. The maximum absolute atomic E-state index is 5.55. The Hall–Kier alpha value is -1.02. The Morgan fingerprint density at radius 1 is 1.32 bits per heavy atom. The molecule has 1 heterocycles. The maximum Gasteiger partial charge on any atom is 0.122 e. The van der Waals surface area contributed by atoms with Crippen molar-refractivity contribution in [1.29, 1.82) is 0 Å². The zero-order chi connectivity index (χ0) is 13.2. The van der Waals surface area contributed by atoms with Crippen molar-refractivity contribution in [3.63, 3.8) is 0 Å². The van der Waals surface area contributed by atoms with Crippen LogP contribution in [-0.2, 0) is 12.8 Å². The normalized spacial score (nSPS) is 26.6. The average molecular weight is 259 g/mol. The van der Waals surface area contributed by atoms with Gasteiger partial charge in [-0.2, -0.15) is 0 Å². The van der Waals surface area contributed by atoms with Crippen LogP contribution >= 0.6 is 0 Å². The second kappa shape index (κ2) is 5.54. The number of ether oxygens (including phenoxy) is 1. The molecule has 0 spiro atoms. The molecular weight excluding hydrogens is 234 g/mol. The highest BCUT2D eigenvalue weighted by atomic mass is 16.5. The standard InChI is InChI=1S/C17H25NO/c1-3-9-18-10-5-7-14-11-15-13(12-16(14)18)6-4-8-17(15)19-2/h4,6,8,14,16H,3,5,7,9-12H2,1-2H3. The number of nitrogens with zero attached hydrogens (tertiary/aromatic N) is 1. The number of likely N-dealkylation sites (tertiary alicyclic amines) is 1. The Labute approximate surface area is 116 Å². The van der Waals surface area contributed by atoms with E-state index in [1.165, 1.54) is 56.3 Å². The smallest absolute Gasteiger partial charge is 0.122 e. The van der Waals surface area contributed by atoms with Crippen LogP contribution in [-0.4, -0.2) is 31.1 Å². The summed E-state index contributed by atoms with van der Waals surface area (Å²) in [6, 6.07) is 7.33. The Kier molecular flexibility index (Phi) is 3.79. The summed E-state index contributed by atoms with van der Waals surface area (Å²) >= 11 is 0. The lowest BCUT2D eigenvalue weighted by Gasteiger charge is -2.45. The minimum absolute atomic E-state index is 0.772. The molecule has 2 nitrogen and oxygen atoms in total. The van der Waals surface area contributed by atoms with Gasteiger partial charge in [0.2, 0.25) is 0 Å². The van der Waals surface area contributed by atoms with Gasteiger partial charge < -0.3 is 4.74 Å². The summed E-state index contributed by atoms with van der Waals surface area (Å²) in [5.74, 6) is 1.94. The molecule has 2 atom stereocenters. The van der Waals surface area contributed by atoms with E-state index >= 15 is 0 Å². The number of hydrogen-bond donors (Lipinski definition) is 0. The van der Waals surface area contributed by atoms with E-state index < -0.39 is 0 Å². The van der Waals surface area contributed by atoms with Crippen LogP contribution in [0, 0.1) is 5.92 Å². The van der Waals surface area contributed by atoms with Gasteiger partial charge in [-0.15, -0.1) is 0 Å². The molecule has 0 aromatic heterocycles. The highest BCUT2D eigenvalue weighted by molar-refractivity contribution is 5.43. The zero-order valence-electron chi connectivity index (χ0n) is 12.2. The fraction of sp³-hybridized carbons (Fsp3) is 0.647. The van der Waals surface area contributed by atoms with E-state index in [4.69, 9.17) is 4.74 Å². The third kappa shape index (κ3) is 2.38. The lowest BCUT2D eigenvalue weighted by atomic mass is 9.75. The van der Waals surface area contributed by atoms with Crippen LogP contribution in [0.25, 0.3) is 0 Å². The van der Waals surface area contributed by atoms with Crippen LogP contribution < -0.4 is 4.74 Å². The van der Waals surface area contributed by atoms with Gasteiger partial charge in [0.25, 0.3) is 0 Å². The minimum Gasteiger partial charge on any atom is -0.496 e.